The molecule has 0 spiro atoms. The van der Waals surface area contributed by atoms with Crippen molar-refractivity contribution >= 4 is 27.7 Å². The molecule has 14 heavy (non-hydrogen) atoms. The Morgan fingerprint density at radius 3 is 2.57 bits per heavy atom. The van der Waals surface area contributed by atoms with Gasteiger partial charge in [0.05, 0.1) is 5.69 Å². The molecular formula is C10H9N3S. The zero-order chi connectivity index (χ0) is 9.80. The van der Waals surface area contributed by atoms with Crippen molar-refractivity contribution in [2.75, 3.05) is 5.73 Å². The largest absolute Gasteiger partial charge is 0.397 e. The molecule has 0 unspecified atom stereocenters. The molecule has 3 nitrogen and oxygen atoms in total. The highest BCUT2D eigenvalue weighted by molar-refractivity contribution is 7.13. The molecule has 0 fully saturated rings. The molecule has 2 N–H and O–H groups in total. The van der Waals surface area contributed by atoms with E-state index in [9.17, 15) is 0 Å². The molecule has 0 aliphatic carbocycles. The quantitative estimate of drug-likeness (QED) is 0.586. The lowest BCUT2D eigenvalue weighted by atomic mass is 10.3. The number of azo groups is 1. The Bertz CT molecular complexity index is 434. The summed E-state index contributed by atoms with van der Waals surface area (Å²) in [6.45, 7) is 0. The predicted octanol–water partition coefficient (Wildman–Crippen LogP) is 3.75. The minimum atomic E-state index is 0.646. The van der Waals surface area contributed by atoms with Crippen LogP contribution in [0.3, 0.4) is 0 Å². The standard InChI is InChI=1S/C10H9N3S/c11-8-4-1-2-5-9(8)12-13-10-6-3-7-14-10/h1-7H,11H2/b13-12+. The molecule has 1 aromatic carbocycles. The van der Waals surface area contributed by atoms with E-state index in [1.807, 2.05) is 41.8 Å². The number of para-hydroxylation sites is 1. The van der Waals surface area contributed by atoms with Gasteiger partial charge in [0.2, 0.25) is 0 Å². The summed E-state index contributed by atoms with van der Waals surface area (Å²) in [6.07, 6.45) is 0. The molecule has 0 bridgehead atoms. The Morgan fingerprint density at radius 1 is 1.00 bits per heavy atom. The minimum Gasteiger partial charge on any atom is -0.397 e. The van der Waals surface area contributed by atoms with Crippen LogP contribution in [0.4, 0.5) is 16.4 Å². The maximum absolute atomic E-state index is 5.71. The van der Waals surface area contributed by atoms with Crippen molar-refractivity contribution in [3.05, 3.63) is 41.8 Å². The first-order chi connectivity index (χ1) is 6.86. The topological polar surface area (TPSA) is 50.7 Å². The third-order valence-corrected chi connectivity index (χ3v) is 2.45. The molecule has 0 saturated carbocycles. The summed E-state index contributed by atoms with van der Waals surface area (Å²) in [7, 11) is 0. The van der Waals surface area contributed by atoms with E-state index in [0.717, 1.165) is 5.00 Å². The predicted molar refractivity (Wildman–Crippen MR) is 59.3 cm³/mol. The third kappa shape index (κ3) is 1.97. The molecule has 0 aliphatic rings. The van der Waals surface area contributed by atoms with E-state index < -0.39 is 0 Å². The average molecular weight is 203 g/mol. The number of nitrogens with two attached hydrogens (primary N) is 1. The van der Waals surface area contributed by atoms with Crippen LogP contribution in [0.2, 0.25) is 0 Å². The SMILES string of the molecule is Nc1ccccc1/N=N/c1cccs1. The Kier molecular flexibility index (Phi) is 2.55. The maximum Gasteiger partial charge on any atom is 0.138 e. The van der Waals surface area contributed by atoms with Gasteiger partial charge in [-0.2, -0.15) is 0 Å². The molecule has 0 amide bonds. The monoisotopic (exact) mass is 203 g/mol. The number of anilines is 1. The van der Waals surface area contributed by atoms with Gasteiger partial charge in [-0.15, -0.1) is 21.6 Å². The molecule has 2 rings (SSSR count). The van der Waals surface area contributed by atoms with E-state index >= 15 is 0 Å². The maximum atomic E-state index is 5.71. The Morgan fingerprint density at radius 2 is 1.86 bits per heavy atom. The summed E-state index contributed by atoms with van der Waals surface area (Å²) in [4.78, 5) is 0. The zero-order valence-electron chi connectivity index (χ0n) is 7.42. The average Bonchev–Trinajstić information content (AvgIpc) is 2.69. The van der Waals surface area contributed by atoms with Gasteiger partial charge < -0.3 is 5.73 Å². The van der Waals surface area contributed by atoms with E-state index in [0.29, 0.717) is 11.4 Å². The number of rotatable bonds is 2. The van der Waals surface area contributed by atoms with Gasteiger partial charge in [0.15, 0.2) is 0 Å². The number of hydrogen-bond donors (Lipinski definition) is 1. The highest BCUT2D eigenvalue weighted by Crippen LogP contribution is 2.25. The van der Waals surface area contributed by atoms with E-state index in [2.05, 4.69) is 10.2 Å². The van der Waals surface area contributed by atoms with Crippen LogP contribution in [-0.2, 0) is 0 Å². The van der Waals surface area contributed by atoms with E-state index in [4.69, 9.17) is 5.73 Å². The summed E-state index contributed by atoms with van der Waals surface area (Å²) in [5, 5.41) is 11.0. The summed E-state index contributed by atoms with van der Waals surface area (Å²) in [5.74, 6) is 0. The summed E-state index contributed by atoms with van der Waals surface area (Å²) in [5.41, 5.74) is 7.06. The van der Waals surface area contributed by atoms with Crippen LogP contribution >= 0.6 is 11.3 Å². The highest BCUT2D eigenvalue weighted by atomic mass is 32.1. The van der Waals surface area contributed by atoms with Crippen LogP contribution in [0.15, 0.2) is 52.0 Å². The molecule has 1 aromatic heterocycles. The van der Waals surface area contributed by atoms with Crippen LogP contribution in [0.25, 0.3) is 0 Å². The lowest BCUT2D eigenvalue weighted by Crippen LogP contribution is -1.82. The van der Waals surface area contributed by atoms with Crippen LogP contribution < -0.4 is 5.73 Å². The third-order valence-electron chi connectivity index (χ3n) is 1.70. The molecular weight excluding hydrogens is 194 g/mol. The van der Waals surface area contributed by atoms with Gasteiger partial charge >= 0.3 is 0 Å². The molecule has 70 valence electrons. The molecule has 0 radical (unpaired) electrons. The van der Waals surface area contributed by atoms with Crippen molar-refractivity contribution in [2.45, 2.75) is 0 Å². The number of thiophene rings is 1. The summed E-state index contributed by atoms with van der Waals surface area (Å²) < 4.78 is 0. The van der Waals surface area contributed by atoms with Crippen LogP contribution in [-0.4, -0.2) is 0 Å². The minimum absolute atomic E-state index is 0.646. The highest BCUT2D eigenvalue weighted by Gasteiger charge is 1.94. The number of nitrogen functional groups attached to an aromatic ring is 1. The normalized spacial score (nSPS) is 10.9. The van der Waals surface area contributed by atoms with Crippen LogP contribution in [0, 0.1) is 0 Å². The van der Waals surface area contributed by atoms with Crippen molar-refractivity contribution in [3.63, 3.8) is 0 Å². The fourth-order valence-corrected chi connectivity index (χ4v) is 1.55. The zero-order valence-corrected chi connectivity index (χ0v) is 8.24. The number of benzene rings is 1. The fraction of sp³-hybridized carbons (Fsp3) is 0. The second-order valence-electron chi connectivity index (χ2n) is 2.71. The van der Waals surface area contributed by atoms with Gasteiger partial charge in [-0.3, -0.25) is 0 Å². The Balaban J connectivity index is 2.23. The van der Waals surface area contributed by atoms with Crippen molar-refractivity contribution in [1.82, 2.24) is 0 Å². The van der Waals surface area contributed by atoms with Crippen molar-refractivity contribution < 1.29 is 0 Å². The van der Waals surface area contributed by atoms with Gasteiger partial charge in [-0.1, -0.05) is 12.1 Å². The first kappa shape index (κ1) is 8.90. The molecule has 4 heteroatoms. The first-order valence-corrected chi connectivity index (χ1v) is 5.04. The van der Waals surface area contributed by atoms with Gasteiger partial charge in [0, 0.05) is 0 Å². The number of hydrogen-bond acceptors (Lipinski definition) is 4. The number of nitrogens with zero attached hydrogens (tertiary/aromatic N) is 2. The van der Waals surface area contributed by atoms with Crippen molar-refractivity contribution in [2.24, 2.45) is 10.2 Å². The van der Waals surface area contributed by atoms with Gasteiger partial charge in [-0.05, 0) is 29.6 Å². The van der Waals surface area contributed by atoms with Crippen molar-refractivity contribution in [1.29, 1.82) is 0 Å². The molecule has 0 saturated heterocycles. The summed E-state index contributed by atoms with van der Waals surface area (Å²) >= 11 is 1.55. The fourth-order valence-electron chi connectivity index (χ4n) is 1.01. The first-order valence-electron chi connectivity index (χ1n) is 4.16. The lowest BCUT2D eigenvalue weighted by molar-refractivity contribution is 1.26. The van der Waals surface area contributed by atoms with Crippen LogP contribution in [0.5, 0.6) is 0 Å². The smallest absolute Gasteiger partial charge is 0.138 e. The lowest BCUT2D eigenvalue weighted by Gasteiger charge is -1.95. The Hall–Kier alpha value is -1.68. The molecule has 2 aromatic rings. The van der Waals surface area contributed by atoms with Crippen LogP contribution in [0.1, 0.15) is 0 Å². The van der Waals surface area contributed by atoms with Crippen molar-refractivity contribution in [3.8, 4) is 0 Å². The van der Waals surface area contributed by atoms with E-state index in [1.54, 1.807) is 11.3 Å². The molecule has 0 aliphatic heterocycles. The van der Waals surface area contributed by atoms with E-state index in [1.165, 1.54) is 0 Å². The molecule has 0 atom stereocenters. The van der Waals surface area contributed by atoms with Gasteiger partial charge in [-0.25, -0.2) is 0 Å². The second-order valence-corrected chi connectivity index (χ2v) is 3.64. The second kappa shape index (κ2) is 4.02. The van der Waals surface area contributed by atoms with Gasteiger partial charge in [0.25, 0.3) is 0 Å². The summed E-state index contributed by atoms with van der Waals surface area (Å²) in [6, 6.07) is 11.3. The molecule has 1 heterocycles. The Labute approximate surface area is 85.9 Å². The van der Waals surface area contributed by atoms with E-state index in [-0.39, 0.29) is 0 Å². The van der Waals surface area contributed by atoms with Gasteiger partial charge in [0.1, 0.15) is 10.7 Å².